The molecule has 0 aliphatic heterocycles. The molecule has 104 valence electrons. The fourth-order valence-electron chi connectivity index (χ4n) is 1.55. The Balaban J connectivity index is 2.04. The summed E-state index contributed by atoms with van der Waals surface area (Å²) in [5.74, 6) is 0. The lowest BCUT2D eigenvalue weighted by atomic mass is 10.4. The second-order valence-electron chi connectivity index (χ2n) is 4.03. The standard InChI is InChI=1S/C10H16N6O2S/c1-15-4-2-9(14-15)6-13-19(17,18)10-7-12-16(8-10)5-3-11/h2,4,7-8,13H,3,5-6,11H2,1H3. The van der Waals surface area contributed by atoms with Crippen LogP contribution in [0, 0.1) is 0 Å². The lowest BCUT2D eigenvalue weighted by molar-refractivity contribution is 0.578. The number of hydrogen-bond acceptors (Lipinski definition) is 5. The van der Waals surface area contributed by atoms with Crippen LogP contribution in [0.1, 0.15) is 5.69 Å². The zero-order valence-corrected chi connectivity index (χ0v) is 11.3. The Morgan fingerprint density at radius 2 is 2.26 bits per heavy atom. The van der Waals surface area contributed by atoms with Crippen molar-refractivity contribution in [1.29, 1.82) is 0 Å². The second-order valence-corrected chi connectivity index (χ2v) is 5.80. The molecule has 2 rings (SSSR count). The normalized spacial score (nSPS) is 11.9. The van der Waals surface area contributed by atoms with E-state index in [0.717, 1.165) is 0 Å². The van der Waals surface area contributed by atoms with E-state index in [4.69, 9.17) is 5.73 Å². The minimum atomic E-state index is -3.57. The predicted molar refractivity (Wildman–Crippen MR) is 68.5 cm³/mol. The average Bonchev–Trinajstić information content (AvgIpc) is 2.97. The summed E-state index contributed by atoms with van der Waals surface area (Å²) in [5.41, 5.74) is 6.03. The van der Waals surface area contributed by atoms with Crippen LogP contribution in [0.4, 0.5) is 0 Å². The van der Waals surface area contributed by atoms with E-state index in [9.17, 15) is 8.42 Å². The Hall–Kier alpha value is -1.71. The zero-order chi connectivity index (χ0) is 13.9. The van der Waals surface area contributed by atoms with Gasteiger partial charge in [0.15, 0.2) is 0 Å². The fourth-order valence-corrected chi connectivity index (χ4v) is 2.50. The highest BCUT2D eigenvalue weighted by Gasteiger charge is 2.16. The molecule has 0 aromatic carbocycles. The molecule has 8 nitrogen and oxygen atoms in total. The molecule has 0 spiro atoms. The van der Waals surface area contributed by atoms with Gasteiger partial charge in [0.2, 0.25) is 10.0 Å². The highest BCUT2D eigenvalue weighted by atomic mass is 32.2. The smallest absolute Gasteiger partial charge is 0.244 e. The van der Waals surface area contributed by atoms with Gasteiger partial charge in [-0.05, 0) is 6.07 Å². The van der Waals surface area contributed by atoms with Gasteiger partial charge in [0.05, 0.1) is 25.0 Å². The molecule has 2 heterocycles. The van der Waals surface area contributed by atoms with E-state index in [2.05, 4.69) is 14.9 Å². The molecule has 0 bridgehead atoms. The number of nitrogens with zero attached hydrogens (tertiary/aromatic N) is 4. The first kappa shape index (κ1) is 13.7. The van der Waals surface area contributed by atoms with E-state index in [1.54, 1.807) is 24.0 Å². The second kappa shape index (κ2) is 5.51. The Bertz CT molecular complexity index is 645. The average molecular weight is 284 g/mol. The van der Waals surface area contributed by atoms with Gasteiger partial charge in [0.1, 0.15) is 4.90 Å². The number of sulfonamides is 1. The third-order valence-corrected chi connectivity index (χ3v) is 3.85. The van der Waals surface area contributed by atoms with Gasteiger partial charge in [0, 0.05) is 26.0 Å². The highest BCUT2D eigenvalue weighted by molar-refractivity contribution is 7.89. The number of hydrogen-bond donors (Lipinski definition) is 2. The lowest BCUT2D eigenvalue weighted by Crippen LogP contribution is -2.23. The van der Waals surface area contributed by atoms with Crippen molar-refractivity contribution < 1.29 is 8.42 Å². The zero-order valence-electron chi connectivity index (χ0n) is 10.5. The number of rotatable bonds is 6. The number of nitrogens with one attached hydrogen (secondary N) is 1. The summed E-state index contributed by atoms with van der Waals surface area (Å²) in [5, 5.41) is 8.02. The van der Waals surface area contributed by atoms with Crippen molar-refractivity contribution in [3.63, 3.8) is 0 Å². The van der Waals surface area contributed by atoms with Crippen LogP contribution in [0.15, 0.2) is 29.6 Å². The molecule has 0 amide bonds. The molecule has 2 aromatic heterocycles. The van der Waals surface area contributed by atoms with Crippen LogP contribution < -0.4 is 10.5 Å². The molecule has 0 unspecified atom stereocenters. The molecule has 0 aliphatic carbocycles. The van der Waals surface area contributed by atoms with E-state index in [1.165, 1.54) is 17.1 Å². The molecular weight excluding hydrogens is 268 g/mol. The van der Waals surface area contributed by atoms with Gasteiger partial charge in [-0.15, -0.1) is 0 Å². The number of aromatic nitrogens is 4. The molecule has 0 saturated carbocycles. The first-order chi connectivity index (χ1) is 9.01. The van der Waals surface area contributed by atoms with Crippen LogP contribution in [0.25, 0.3) is 0 Å². The van der Waals surface area contributed by atoms with E-state index in [1.807, 2.05) is 0 Å². The minimum Gasteiger partial charge on any atom is -0.329 e. The topological polar surface area (TPSA) is 108 Å². The summed E-state index contributed by atoms with van der Waals surface area (Å²) < 4.78 is 29.6. The first-order valence-electron chi connectivity index (χ1n) is 5.72. The van der Waals surface area contributed by atoms with Crippen molar-refractivity contribution in [2.45, 2.75) is 18.0 Å². The molecule has 9 heteroatoms. The van der Waals surface area contributed by atoms with Crippen LogP contribution >= 0.6 is 0 Å². The van der Waals surface area contributed by atoms with Crippen LogP contribution in [0.2, 0.25) is 0 Å². The van der Waals surface area contributed by atoms with Gasteiger partial charge < -0.3 is 5.73 Å². The van der Waals surface area contributed by atoms with Crippen molar-refractivity contribution in [3.05, 3.63) is 30.4 Å². The van der Waals surface area contributed by atoms with Crippen molar-refractivity contribution in [2.75, 3.05) is 6.54 Å². The Morgan fingerprint density at radius 1 is 1.47 bits per heavy atom. The third-order valence-electron chi connectivity index (χ3n) is 2.49. The molecular formula is C10H16N6O2S. The van der Waals surface area contributed by atoms with Gasteiger partial charge in [0.25, 0.3) is 0 Å². The molecule has 2 aromatic rings. The molecule has 0 radical (unpaired) electrons. The van der Waals surface area contributed by atoms with Gasteiger partial charge >= 0.3 is 0 Å². The minimum absolute atomic E-state index is 0.122. The van der Waals surface area contributed by atoms with E-state index in [0.29, 0.717) is 18.8 Å². The summed E-state index contributed by atoms with van der Waals surface area (Å²) in [6.07, 6.45) is 4.51. The summed E-state index contributed by atoms with van der Waals surface area (Å²) in [4.78, 5) is 0.122. The van der Waals surface area contributed by atoms with E-state index in [-0.39, 0.29) is 11.4 Å². The summed E-state index contributed by atoms with van der Waals surface area (Å²) in [6, 6.07) is 1.75. The Labute approximate surface area is 111 Å². The highest BCUT2D eigenvalue weighted by Crippen LogP contribution is 2.07. The maximum absolute atomic E-state index is 12.0. The van der Waals surface area contributed by atoms with Crippen LogP contribution in [0.5, 0.6) is 0 Å². The maximum atomic E-state index is 12.0. The van der Waals surface area contributed by atoms with Gasteiger partial charge in [-0.1, -0.05) is 0 Å². The van der Waals surface area contributed by atoms with Crippen molar-refractivity contribution >= 4 is 10.0 Å². The number of aryl methyl sites for hydroxylation is 1. The van der Waals surface area contributed by atoms with Crippen molar-refractivity contribution in [2.24, 2.45) is 12.8 Å². The van der Waals surface area contributed by atoms with Gasteiger partial charge in [-0.3, -0.25) is 9.36 Å². The summed E-state index contributed by atoms with van der Waals surface area (Å²) >= 11 is 0. The molecule has 0 fully saturated rings. The third kappa shape index (κ3) is 3.40. The fraction of sp³-hybridized carbons (Fsp3) is 0.400. The van der Waals surface area contributed by atoms with Crippen LogP contribution in [0.3, 0.4) is 0 Å². The van der Waals surface area contributed by atoms with Crippen LogP contribution in [-0.4, -0.2) is 34.5 Å². The molecule has 19 heavy (non-hydrogen) atoms. The summed E-state index contributed by atoms with van der Waals surface area (Å²) in [7, 11) is -1.80. The molecule has 0 saturated heterocycles. The molecule has 0 atom stereocenters. The van der Waals surface area contributed by atoms with Crippen molar-refractivity contribution in [3.8, 4) is 0 Å². The quantitative estimate of drug-likeness (QED) is 0.711. The lowest BCUT2D eigenvalue weighted by Gasteiger charge is -2.02. The van der Waals surface area contributed by atoms with E-state index < -0.39 is 10.0 Å². The molecule has 3 N–H and O–H groups in total. The first-order valence-corrected chi connectivity index (χ1v) is 7.20. The maximum Gasteiger partial charge on any atom is 0.244 e. The largest absolute Gasteiger partial charge is 0.329 e. The van der Waals surface area contributed by atoms with E-state index >= 15 is 0 Å². The van der Waals surface area contributed by atoms with Crippen LogP contribution in [-0.2, 0) is 30.2 Å². The molecule has 0 aliphatic rings. The van der Waals surface area contributed by atoms with Crippen molar-refractivity contribution in [1.82, 2.24) is 24.3 Å². The number of nitrogens with two attached hydrogens (primary N) is 1. The SMILES string of the molecule is Cn1ccc(CNS(=O)(=O)c2cnn(CCN)c2)n1. The monoisotopic (exact) mass is 284 g/mol. The summed E-state index contributed by atoms with van der Waals surface area (Å²) in [6.45, 7) is 1.03. The van der Waals surface area contributed by atoms with Gasteiger partial charge in [-0.25, -0.2) is 13.1 Å². The predicted octanol–water partition coefficient (Wildman–Crippen LogP) is -0.946. The Morgan fingerprint density at radius 3 is 2.89 bits per heavy atom. The Kier molecular flexibility index (Phi) is 3.98. The van der Waals surface area contributed by atoms with Gasteiger partial charge in [-0.2, -0.15) is 10.2 Å².